The third kappa shape index (κ3) is 4.30. The van der Waals surface area contributed by atoms with Crippen LogP contribution in [0, 0.1) is 13.8 Å². The maximum absolute atomic E-state index is 5.36. The smallest absolute Gasteiger partial charge is 0.119 e. The topological polar surface area (TPSA) is 35.0 Å². The Bertz CT molecular complexity index is 985. The molecule has 1 aliphatic rings. The van der Waals surface area contributed by atoms with Crippen LogP contribution in [0.5, 0.6) is 5.75 Å². The van der Waals surface area contributed by atoms with E-state index in [1.807, 2.05) is 26.0 Å². The van der Waals surface area contributed by atoms with Crippen LogP contribution in [0.2, 0.25) is 0 Å². The second-order valence-electron chi connectivity index (χ2n) is 6.93. The minimum atomic E-state index is 0.829. The van der Waals surface area contributed by atoms with Gasteiger partial charge in [-0.3, -0.25) is 0 Å². The van der Waals surface area contributed by atoms with Crippen LogP contribution in [-0.2, 0) is 12.8 Å². The van der Waals surface area contributed by atoms with Crippen LogP contribution in [0.1, 0.15) is 53.1 Å². The van der Waals surface area contributed by atoms with Gasteiger partial charge in [-0.05, 0) is 48.8 Å². The van der Waals surface area contributed by atoms with Crippen LogP contribution in [0.3, 0.4) is 0 Å². The van der Waals surface area contributed by atoms with Crippen molar-refractivity contribution in [3.63, 3.8) is 0 Å². The fourth-order valence-corrected chi connectivity index (χ4v) is 3.70. The van der Waals surface area contributed by atoms with E-state index in [1.54, 1.807) is 13.4 Å². The molecule has 28 heavy (non-hydrogen) atoms. The second-order valence-corrected chi connectivity index (χ2v) is 6.93. The SMILES string of the molecule is CC.COc1cccc(C2=Cc3c(ncnc3Cc3cc(C)cc(C)c3)C2)c1. The van der Waals surface area contributed by atoms with Crippen LogP contribution in [0.15, 0.2) is 48.8 Å². The standard InChI is InChI=1S/C23H22N2O.C2H6/c1-15-7-16(2)9-17(8-15)10-22-21-12-19(13-23(21)25-14-24-22)18-5-4-6-20(11-18)26-3;1-2/h4-9,11-12,14H,10,13H2,1-3H3;1-2H3. The number of fused-ring (bicyclic) bond motifs is 1. The van der Waals surface area contributed by atoms with E-state index in [9.17, 15) is 0 Å². The molecule has 1 aromatic heterocycles. The summed E-state index contributed by atoms with van der Waals surface area (Å²) in [6, 6.07) is 14.9. The molecule has 1 aliphatic carbocycles. The largest absolute Gasteiger partial charge is 0.497 e. The fraction of sp³-hybridized carbons (Fsp3) is 0.280. The summed E-state index contributed by atoms with van der Waals surface area (Å²) in [5.41, 5.74) is 9.70. The van der Waals surface area contributed by atoms with E-state index >= 15 is 0 Å². The minimum Gasteiger partial charge on any atom is -0.497 e. The number of aryl methyl sites for hydroxylation is 2. The van der Waals surface area contributed by atoms with E-state index in [0.717, 1.165) is 30.0 Å². The molecule has 0 saturated heterocycles. The number of aromatic nitrogens is 2. The van der Waals surface area contributed by atoms with Gasteiger partial charge < -0.3 is 4.74 Å². The van der Waals surface area contributed by atoms with Gasteiger partial charge in [0.15, 0.2) is 0 Å². The molecule has 0 unspecified atom stereocenters. The predicted octanol–water partition coefficient (Wildman–Crippen LogP) is 5.82. The Morgan fingerprint density at radius 2 is 1.71 bits per heavy atom. The highest BCUT2D eigenvalue weighted by atomic mass is 16.5. The van der Waals surface area contributed by atoms with Crippen molar-refractivity contribution in [3.05, 3.63) is 88.0 Å². The summed E-state index contributed by atoms with van der Waals surface area (Å²) in [6.45, 7) is 8.28. The number of allylic oxidation sites excluding steroid dienone is 1. The molecule has 144 valence electrons. The Morgan fingerprint density at radius 1 is 0.964 bits per heavy atom. The molecule has 0 saturated carbocycles. The zero-order valence-corrected chi connectivity index (χ0v) is 17.4. The lowest BCUT2D eigenvalue weighted by molar-refractivity contribution is 0.414. The van der Waals surface area contributed by atoms with E-state index < -0.39 is 0 Å². The van der Waals surface area contributed by atoms with Crippen molar-refractivity contribution in [2.24, 2.45) is 0 Å². The maximum atomic E-state index is 5.36. The van der Waals surface area contributed by atoms with Gasteiger partial charge in [0.05, 0.1) is 18.5 Å². The molecule has 3 nitrogen and oxygen atoms in total. The monoisotopic (exact) mass is 372 g/mol. The molecule has 0 amide bonds. The van der Waals surface area contributed by atoms with Gasteiger partial charge in [0.2, 0.25) is 0 Å². The van der Waals surface area contributed by atoms with Gasteiger partial charge in [0.1, 0.15) is 12.1 Å². The first-order chi connectivity index (χ1) is 13.6. The highest BCUT2D eigenvalue weighted by molar-refractivity contribution is 5.88. The minimum absolute atomic E-state index is 0.829. The Balaban J connectivity index is 0.00000109. The van der Waals surface area contributed by atoms with Gasteiger partial charge in [0.25, 0.3) is 0 Å². The van der Waals surface area contributed by atoms with Crippen molar-refractivity contribution in [2.75, 3.05) is 7.11 Å². The Kier molecular flexibility index (Phi) is 6.25. The molecule has 2 aromatic carbocycles. The van der Waals surface area contributed by atoms with Crippen molar-refractivity contribution in [3.8, 4) is 5.75 Å². The third-order valence-electron chi connectivity index (χ3n) is 4.82. The van der Waals surface area contributed by atoms with Crippen molar-refractivity contribution < 1.29 is 4.74 Å². The Hall–Kier alpha value is -2.94. The summed E-state index contributed by atoms with van der Waals surface area (Å²) < 4.78 is 5.36. The number of nitrogens with zero attached hydrogens (tertiary/aromatic N) is 2. The quantitative estimate of drug-likeness (QED) is 0.579. The van der Waals surface area contributed by atoms with Gasteiger partial charge >= 0.3 is 0 Å². The van der Waals surface area contributed by atoms with Crippen LogP contribution in [-0.4, -0.2) is 17.1 Å². The lowest BCUT2D eigenvalue weighted by Gasteiger charge is -2.08. The van der Waals surface area contributed by atoms with E-state index in [2.05, 4.69) is 60.2 Å². The van der Waals surface area contributed by atoms with Crippen LogP contribution < -0.4 is 4.74 Å². The van der Waals surface area contributed by atoms with Crippen molar-refractivity contribution in [1.82, 2.24) is 9.97 Å². The Morgan fingerprint density at radius 3 is 2.43 bits per heavy atom. The van der Waals surface area contributed by atoms with Gasteiger partial charge in [-0.15, -0.1) is 0 Å². The average Bonchev–Trinajstić information content (AvgIpc) is 3.14. The second kappa shape index (κ2) is 8.83. The predicted molar refractivity (Wildman–Crippen MR) is 117 cm³/mol. The van der Waals surface area contributed by atoms with Gasteiger partial charge in [0, 0.05) is 18.4 Å². The zero-order valence-electron chi connectivity index (χ0n) is 17.4. The summed E-state index contributed by atoms with van der Waals surface area (Å²) in [7, 11) is 1.70. The lowest BCUT2D eigenvalue weighted by Crippen LogP contribution is -2.00. The first-order valence-electron chi connectivity index (χ1n) is 9.87. The van der Waals surface area contributed by atoms with E-state index in [0.29, 0.717) is 0 Å². The van der Waals surface area contributed by atoms with E-state index in [4.69, 9.17) is 4.74 Å². The van der Waals surface area contributed by atoms with Crippen LogP contribution in [0.4, 0.5) is 0 Å². The molecule has 0 aliphatic heterocycles. The zero-order chi connectivity index (χ0) is 20.1. The molecule has 4 rings (SSSR count). The van der Waals surface area contributed by atoms with Crippen LogP contribution >= 0.6 is 0 Å². The van der Waals surface area contributed by atoms with Crippen molar-refractivity contribution >= 4 is 11.6 Å². The molecule has 0 atom stereocenters. The van der Waals surface area contributed by atoms with E-state index in [-0.39, 0.29) is 0 Å². The molecule has 1 heterocycles. The number of methoxy groups -OCH3 is 1. The number of hydrogen-bond donors (Lipinski definition) is 0. The molecular formula is C25H28N2O. The molecule has 0 radical (unpaired) electrons. The molecule has 3 aromatic rings. The first kappa shape index (κ1) is 19.8. The highest BCUT2D eigenvalue weighted by Gasteiger charge is 2.19. The molecule has 0 spiro atoms. The van der Waals surface area contributed by atoms with Gasteiger partial charge in [-0.2, -0.15) is 0 Å². The normalized spacial score (nSPS) is 12.0. The number of ether oxygens (including phenoxy) is 1. The third-order valence-corrected chi connectivity index (χ3v) is 4.82. The molecule has 0 fully saturated rings. The first-order valence-corrected chi connectivity index (χ1v) is 9.87. The van der Waals surface area contributed by atoms with Gasteiger partial charge in [-0.1, -0.05) is 55.3 Å². The van der Waals surface area contributed by atoms with Crippen molar-refractivity contribution in [1.29, 1.82) is 0 Å². The van der Waals surface area contributed by atoms with Crippen LogP contribution in [0.25, 0.3) is 11.6 Å². The fourth-order valence-electron chi connectivity index (χ4n) is 3.70. The summed E-state index contributed by atoms with van der Waals surface area (Å²) in [5.74, 6) is 0.876. The lowest BCUT2D eigenvalue weighted by atomic mass is 10.0. The van der Waals surface area contributed by atoms with E-state index in [1.165, 1.54) is 33.4 Å². The number of rotatable bonds is 4. The molecule has 0 bridgehead atoms. The summed E-state index contributed by atoms with van der Waals surface area (Å²) in [4.78, 5) is 9.11. The van der Waals surface area contributed by atoms with Crippen molar-refractivity contribution in [2.45, 2.75) is 40.5 Å². The highest BCUT2D eigenvalue weighted by Crippen LogP contribution is 2.33. The van der Waals surface area contributed by atoms with Gasteiger partial charge in [-0.25, -0.2) is 9.97 Å². The number of benzene rings is 2. The molecule has 0 N–H and O–H groups in total. The number of hydrogen-bond acceptors (Lipinski definition) is 3. The molecular weight excluding hydrogens is 344 g/mol. The average molecular weight is 373 g/mol. The maximum Gasteiger partial charge on any atom is 0.119 e. The summed E-state index contributed by atoms with van der Waals surface area (Å²) >= 11 is 0. The Labute approximate surface area is 168 Å². The summed E-state index contributed by atoms with van der Waals surface area (Å²) in [5, 5.41) is 0. The summed E-state index contributed by atoms with van der Waals surface area (Å²) in [6.07, 6.45) is 5.60. The molecule has 3 heteroatoms.